The fourth-order valence-corrected chi connectivity index (χ4v) is 3.40. The molecule has 1 aromatic rings. The average Bonchev–Trinajstić information content (AvgIpc) is 2.79. The third-order valence-electron chi connectivity index (χ3n) is 2.15. The Hall–Kier alpha value is -0.940. The van der Waals surface area contributed by atoms with Gasteiger partial charge in [0.1, 0.15) is 4.38 Å². The largest absolute Gasteiger partial charge is 0.545 e. The lowest BCUT2D eigenvalue weighted by Gasteiger charge is -2.09. The molecule has 1 aliphatic heterocycles. The summed E-state index contributed by atoms with van der Waals surface area (Å²) in [6.45, 7) is 0.870. The highest BCUT2D eigenvalue weighted by Crippen LogP contribution is 2.26. The minimum Gasteiger partial charge on any atom is -0.545 e. The molecule has 0 saturated heterocycles. The molecule has 3 nitrogen and oxygen atoms in total. The van der Waals surface area contributed by atoms with Crippen molar-refractivity contribution in [2.45, 2.75) is 5.75 Å². The molecule has 16 heavy (non-hydrogen) atoms. The molecule has 0 spiro atoms. The highest BCUT2D eigenvalue weighted by Gasteiger charge is 2.09. The van der Waals surface area contributed by atoms with E-state index in [9.17, 15) is 9.90 Å². The third-order valence-corrected chi connectivity index (χ3v) is 4.45. The molecule has 0 bridgehead atoms. The summed E-state index contributed by atoms with van der Waals surface area (Å²) in [5, 5.41) is 10.9. The molecule has 1 aromatic carbocycles. The Morgan fingerprint density at radius 2 is 2.31 bits per heavy atom. The van der Waals surface area contributed by atoms with Crippen molar-refractivity contribution >= 4 is 33.9 Å². The second kappa shape index (κ2) is 5.41. The van der Waals surface area contributed by atoms with Crippen molar-refractivity contribution in [3.05, 3.63) is 35.4 Å². The number of aromatic carboxylic acids is 1. The summed E-state index contributed by atoms with van der Waals surface area (Å²) >= 11 is 3.32. The van der Waals surface area contributed by atoms with E-state index in [0.29, 0.717) is 5.75 Å². The van der Waals surface area contributed by atoms with Crippen LogP contribution in [0.15, 0.2) is 29.3 Å². The van der Waals surface area contributed by atoms with Crippen molar-refractivity contribution < 1.29 is 9.90 Å². The van der Waals surface area contributed by atoms with Gasteiger partial charge in [0, 0.05) is 17.1 Å². The van der Waals surface area contributed by atoms with Crippen LogP contribution in [0.1, 0.15) is 15.9 Å². The van der Waals surface area contributed by atoms with Crippen molar-refractivity contribution in [1.29, 1.82) is 0 Å². The lowest BCUT2D eigenvalue weighted by Crippen LogP contribution is -2.23. The van der Waals surface area contributed by atoms with Gasteiger partial charge in [-0.15, -0.1) is 0 Å². The fourth-order valence-electron chi connectivity index (χ4n) is 1.39. The van der Waals surface area contributed by atoms with Crippen LogP contribution in [0.25, 0.3) is 0 Å². The summed E-state index contributed by atoms with van der Waals surface area (Å²) in [5.41, 5.74) is 1.07. The number of nitrogens with zero attached hydrogens (tertiary/aromatic N) is 1. The summed E-state index contributed by atoms with van der Waals surface area (Å²) in [6.07, 6.45) is 0. The van der Waals surface area contributed by atoms with E-state index in [1.807, 2.05) is 12.1 Å². The molecule has 1 aliphatic rings. The van der Waals surface area contributed by atoms with Gasteiger partial charge >= 0.3 is 0 Å². The van der Waals surface area contributed by atoms with Crippen molar-refractivity contribution in [3.8, 4) is 0 Å². The Bertz CT molecular complexity index is 432. The highest BCUT2D eigenvalue weighted by atomic mass is 32.2. The number of rotatable bonds is 3. The molecule has 1 heterocycles. The maximum atomic E-state index is 10.9. The molecule has 0 radical (unpaired) electrons. The fraction of sp³-hybridized carbons (Fsp3) is 0.273. The summed E-state index contributed by atoms with van der Waals surface area (Å²) < 4.78 is 1.05. The molecule has 0 saturated carbocycles. The van der Waals surface area contributed by atoms with Crippen LogP contribution >= 0.6 is 23.5 Å². The van der Waals surface area contributed by atoms with Gasteiger partial charge in [-0.2, -0.15) is 0 Å². The van der Waals surface area contributed by atoms with Gasteiger partial charge in [0.05, 0.1) is 12.5 Å². The van der Waals surface area contributed by atoms with Crippen molar-refractivity contribution in [2.75, 3.05) is 12.3 Å². The highest BCUT2D eigenvalue weighted by molar-refractivity contribution is 8.38. The molecule has 0 aliphatic carbocycles. The number of carboxylic acid groups (broad SMARTS) is 1. The summed E-state index contributed by atoms with van der Waals surface area (Å²) in [7, 11) is 0. The number of thioether (sulfide) groups is 2. The second-order valence-electron chi connectivity index (χ2n) is 3.23. The standard InChI is InChI=1S/C11H11NO2S2/c13-10(14)9-4-2-1-3-8(9)7-16-11-12-5-6-15-11/h1-4H,5-7H2,(H,13,14)/p-1. The SMILES string of the molecule is O=C([O-])c1ccccc1CSC1=NCCS1. The molecule has 5 heteroatoms. The van der Waals surface area contributed by atoms with Gasteiger partial charge in [0.2, 0.25) is 0 Å². The van der Waals surface area contributed by atoms with Crippen LogP contribution in [0.2, 0.25) is 0 Å². The normalized spacial score (nSPS) is 14.9. The van der Waals surface area contributed by atoms with E-state index in [0.717, 1.165) is 22.2 Å². The number of hydrogen-bond donors (Lipinski definition) is 0. The first-order chi connectivity index (χ1) is 7.77. The summed E-state index contributed by atoms with van der Waals surface area (Å²) in [6, 6.07) is 6.94. The second-order valence-corrected chi connectivity index (χ2v) is 5.54. The Balaban J connectivity index is 2.05. The number of carbonyl (C=O) groups is 1. The van der Waals surface area contributed by atoms with Gasteiger partial charge in [0.15, 0.2) is 0 Å². The summed E-state index contributed by atoms with van der Waals surface area (Å²) in [4.78, 5) is 15.2. The minimum absolute atomic E-state index is 0.276. The zero-order chi connectivity index (χ0) is 11.4. The van der Waals surface area contributed by atoms with Gasteiger partial charge in [0.25, 0.3) is 0 Å². The monoisotopic (exact) mass is 252 g/mol. The van der Waals surface area contributed by atoms with E-state index in [4.69, 9.17) is 0 Å². The van der Waals surface area contributed by atoms with Crippen LogP contribution in [0, 0.1) is 0 Å². The number of carboxylic acids is 1. The first-order valence-electron chi connectivity index (χ1n) is 4.86. The van der Waals surface area contributed by atoms with Crippen LogP contribution in [0.3, 0.4) is 0 Å². The van der Waals surface area contributed by atoms with Crippen molar-refractivity contribution in [2.24, 2.45) is 4.99 Å². The Labute approximate surface area is 102 Å². The molecule has 84 valence electrons. The van der Waals surface area contributed by atoms with Crippen LogP contribution < -0.4 is 5.11 Å². The van der Waals surface area contributed by atoms with E-state index in [-0.39, 0.29) is 5.56 Å². The molecule has 0 amide bonds. The van der Waals surface area contributed by atoms with Gasteiger partial charge in [-0.05, 0) is 5.56 Å². The van der Waals surface area contributed by atoms with E-state index in [1.54, 1.807) is 35.7 Å². The van der Waals surface area contributed by atoms with Gasteiger partial charge in [-0.1, -0.05) is 47.8 Å². The quantitative estimate of drug-likeness (QED) is 0.815. The zero-order valence-electron chi connectivity index (χ0n) is 8.51. The molecular formula is C11H10NO2S2-. The molecule has 0 unspecified atom stereocenters. The zero-order valence-corrected chi connectivity index (χ0v) is 10.1. The maximum absolute atomic E-state index is 10.9. The molecule has 0 aromatic heterocycles. The lowest BCUT2D eigenvalue weighted by atomic mass is 10.1. The number of aliphatic imine (C=N–C) groups is 1. The topological polar surface area (TPSA) is 52.5 Å². The molecule has 0 N–H and O–H groups in total. The number of benzene rings is 1. The van der Waals surface area contributed by atoms with Gasteiger partial charge in [-0.25, -0.2) is 0 Å². The number of carbonyl (C=O) groups excluding carboxylic acids is 1. The van der Waals surface area contributed by atoms with Gasteiger partial charge < -0.3 is 9.90 Å². The summed E-state index contributed by atoms with van der Waals surface area (Å²) in [5.74, 6) is 0.553. The predicted molar refractivity (Wildman–Crippen MR) is 66.8 cm³/mol. The van der Waals surface area contributed by atoms with Crippen molar-refractivity contribution in [1.82, 2.24) is 0 Å². The molecule has 2 rings (SSSR count). The minimum atomic E-state index is -1.11. The van der Waals surface area contributed by atoms with E-state index in [2.05, 4.69) is 4.99 Å². The van der Waals surface area contributed by atoms with E-state index in [1.165, 1.54) is 0 Å². The third kappa shape index (κ3) is 2.80. The Morgan fingerprint density at radius 3 is 3.00 bits per heavy atom. The number of hydrogen-bond acceptors (Lipinski definition) is 5. The van der Waals surface area contributed by atoms with Crippen molar-refractivity contribution in [3.63, 3.8) is 0 Å². The predicted octanol–water partition coefficient (Wildman–Crippen LogP) is 1.39. The van der Waals surface area contributed by atoms with Crippen LogP contribution in [-0.4, -0.2) is 22.6 Å². The average molecular weight is 252 g/mol. The molecule has 0 fully saturated rings. The Morgan fingerprint density at radius 1 is 1.50 bits per heavy atom. The smallest absolute Gasteiger partial charge is 0.124 e. The van der Waals surface area contributed by atoms with E-state index >= 15 is 0 Å². The molecule has 0 atom stereocenters. The molecular weight excluding hydrogens is 242 g/mol. The van der Waals surface area contributed by atoms with Gasteiger partial charge in [-0.3, -0.25) is 4.99 Å². The van der Waals surface area contributed by atoms with Crippen LogP contribution in [0.4, 0.5) is 0 Å². The Kier molecular flexibility index (Phi) is 3.90. The van der Waals surface area contributed by atoms with Crippen LogP contribution in [0.5, 0.6) is 0 Å². The lowest BCUT2D eigenvalue weighted by molar-refractivity contribution is -0.255. The first-order valence-corrected chi connectivity index (χ1v) is 6.84. The maximum Gasteiger partial charge on any atom is 0.124 e. The van der Waals surface area contributed by atoms with Crippen LogP contribution in [-0.2, 0) is 5.75 Å². The first kappa shape index (κ1) is 11.5. The van der Waals surface area contributed by atoms with E-state index < -0.39 is 5.97 Å².